The number of rotatable bonds is 35. The summed E-state index contributed by atoms with van der Waals surface area (Å²) in [5.74, 6) is -2.02. The quantitative estimate of drug-likeness (QED) is 0.0294. The smallest absolute Gasteiger partial charge is 0.329 e. The summed E-state index contributed by atoms with van der Waals surface area (Å²) < 4.78 is 62.8. The van der Waals surface area contributed by atoms with Gasteiger partial charge in [0.05, 0.1) is 79.0 Å². The number of nitrogens with one attached hydrogen (secondary N) is 3. The first-order chi connectivity index (χ1) is 42.2. The predicted octanol–water partition coefficient (Wildman–Crippen LogP) is 5.44. The van der Waals surface area contributed by atoms with Crippen molar-refractivity contribution in [3.05, 3.63) is 101 Å². The van der Waals surface area contributed by atoms with Crippen LogP contribution in [0.3, 0.4) is 0 Å². The van der Waals surface area contributed by atoms with Crippen LogP contribution in [0, 0.1) is 0 Å². The van der Waals surface area contributed by atoms with Crippen molar-refractivity contribution in [1.29, 1.82) is 0 Å². The number of piperidine rings is 2. The second kappa shape index (κ2) is 33.4. The third-order valence-electron chi connectivity index (χ3n) is 15.0. The van der Waals surface area contributed by atoms with Gasteiger partial charge in [0, 0.05) is 44.8 Å². The van der Waals surface area contributed by atoms with Crippen molar-refractivity contribution in [3.8, 4) is 40.2 Å². The maximum absolute atomic E-state index is 14.6. The van der Waals surface area contributed by atoms with E-state index in [0.717, 1.165) is 23.3 Å². The number of amides is 7. The van der Waals surface area contributed by atoms with Gasteiger partial charge in [0.15, 0.2) is 36.2 Å². The highest BCUT2D eigenvalue weighted by Crippen LogP contribution is 2.42. The van der Waals surface area contributed by atoms with Gasteiger partial charge in [-0.25, -0.2) is 4.79 Å². The van der Waals surface area contributed by atoms with E-state index in [9.17, 15) is 38.4 Å². The topological polar surface area (TPSA) is 281 Å². The lowest BCUT2D eigenvalue weighted by atomic mass is 9.91. The molecule has 0 aromatic heterocycles. The highest BCUT2D eigenvalue weighted by Gasteiger charge is 2.46. The Morgan fingerprint density at radius 2 is 1.26 bits per heavy atom. The van der Waals surface area contributed by atoms with Crippen molar-refractivity contribution in [1.82, 2.24) is 25.8 Å². The second-order valence-corrected chi connectivity index (χ2v) is 20.6. The van der Waals surface area contributed by atoms with Crippen molar-refractivity contribution >= 4 is 47.3 Å². The van der Waals surface area contributed by atoms with Crippen LogP contribution in [-0.4, -0.2) is 177 Å². The molecule has 0 bridgehead atoms. The summed E-state index contributed by atoms with van der Waals surface area (Å²) in [7, 11) is 7.68. The molecule has 2 saturated heterocycles. The van der Waals surface area contributed by atoms with Crippen molar-refractivity contribution < 1.29 is 90.5 Å². The van der Waals surface area contributed by atoms with Crippen LogP contribution in [0.15, 0.2) is 72.8 Å². The molecule has 7 amide bonds. The summed E-state index contributed by atoms with van der Waals surface area (Å²) in [6.45, 7) is 4.22. The van der Waals surface area contributed by atoms with E-state index in [-0.39, 0.29) is 48.1 Å². The van der Waals surface area contributed by atoms with Gasteiger partial charge < -0.3 is 67.6 Å². The average molecular weight is 1210 g/mol. The molecule has 4 atom stereocenters. The zero-order chi connectivity index (χ0) is 62.2. The lowest BCUT2D eigenvalue weighted by Gasteiger charge is -2.37. The Morgan fingerprint density at radius 3 is 1.89 bits per heavy atom. The minimum absolute atomic E-state index is 0.00691. The van der Waals surface area contributed by atoms with Gasteiger partial charge in [-0.1, -0.05) is 37.3 Å². The molecule has 0 saturated carbocycles. The minimum atomic E-state index is -1.12. The molecule has 7 rings (SSSR count). The lowest BCUT2D eigenvalue weighted by molar-refractivity contribution is -0.162. The molecule has 470 valence electrons. The number of fused-ring (bicyclic) bond motifs is 1. The van der Waals surface area contributed by atoms with E-state index in [1.807, 2.05) is 31.2 Å². The maximum Gasteiger partial charge on any atom is 0.329 e. The molecule has 4 aromatic rings. The molecule has 0 spiro atoms. The van der Waals surface area contributed by atoms with Crippen LogP contribution in [0.5, 0.6) is 40.2 Å². The number of imide groups is 2. The summed E-state index contributed by atoms with van der Waals surface area (Å²) in [4.78, 5) is 108. The molecule has 24 nitrogen and oxygen atoms in total. The number of para-hydroxylation sites is 1. The predicted molar refractivity (Wildman–Crippen MR) is 313 cm³/mol. The monoisotopic (exact) mass is 1210 g/mol. The fourth-order valence-corrected chi connectivity index (χ4v) is 10.5. The Bertz CT molecular complexity index is 3020. The summed E-state index contributed by atoms with van der Waals surface area (Å²) in [5.41, 5.74) is 2.14. The number of ether oxygens (including phenoxy) is 11. The normalized spacial score (nSPS) is 16.3. The molecule has 4 aromatic carbocycles. The number of nitrogens with zero attached hydrogens (tertiary/aromatic N) is 2. The minimum Gasteiger partial charge on any atom is -0.493 e. The lowest BCUT2D eigenvalue weighted by Crippen LogP contribution is -2.54. The number of hydrogen-bond acceptors (Lipinski definition) is 19. The number of esters is 1. The Balaban J connectivity index is 0.803. The van der Waals surface area contributed by atoms with Crippen LogP contribution in [0.1, 0.15) is 114 Å². The van der Waals surface area contributed by atoms with Crippen LogP contribution in [-0.2, 0) is 54.1 Å². The Morgan fingerprint density at radius 1 is 0.644 bits per heavy atom. The van der Waals surface area contributed by atoms with Gasteiger partial charge in [-0.2, -0.15) is 0 Å². The Labute approximate surface area is 506 Å². The van der Waals surface area contributed by atoms with Gasteiger partial charge in [0.2, 0.25) is 23.5 Å². The summed E-state index contributed by atoms with van der Waals surface area (Å²) in [5, 5.41) is 7.73. The molecule has 3 aliphatic heterocycles. The SMILES string of the molecule is CC[C@@H](C(=O)N1CCCC[C@@H]1C(=O)O[C@@H](CCc1ccc(OC)c(OC)c1)c1ccccc1OCC(=O)NCCCOCCOCCOCCCNC(=O)COc1cccc2c1C(=O)N(C1CCC(=O)NC1=O)C2=O)c1cc(OC)c(OC)c(OC)c1. The van der Waals surface area contributed by atoms with Gasteiger partial charge >= 0.3 is 5.97 Å². The molecular formula is C63H79N5O19. The zero-order valence-corrected chi connectivity index (χ0v) is 50.2. The van der Waals surface area contributed by atoms with E-state index < -0.39 is 66.2 Å². The molecular weight excluding hydrogens is 1130 g/mol. The highest BCUT2D eigenvalue weighted by atomic mass is 16.6. The van der Waals surface area contributed by atoms with E-state index >= 15 is 0 Å². The fourth-order valence-electron chi connectivity index (χ4n) is 10.5. The van der Waals surface area contributed by atoms with Crippen molar-refractivity contribution in [2.24, 2.45) is 0 Å². The molecule has 0 aliphatic carbocycles. The van der Waals surface area contributed by atoms with E-state index in [2.05, 4.69) is 16.0 Å². The third kappa shape index (κ3) is 17.6. The van der Waals surface area contributed by atoms with Gasteiger partial charge in [0.25, 0.3) is 23.6 Å². The van der Waals surface area contributed by atoms with Crippen LogP contribution >= 0.6 is 0 Å². The molecule has 3 aliphatic rings. The number of methoxy groups -OCH3 is 5. The molecule has 1 unspecified atom stereocenters. The van der Waals surface area contributed by atoms with Crippen LogP contribution < -0.4 is 49.1 Å². The summed E-state index contributed by atoms with van der Waals surface area (Å²) in [6.07, 6.45) is 3.31. The van der Waals surface area contributed by atoms with E-state index in [1.54, 1.807) is 49.5 Å². The summed E-state index contributed by atoms with van der Waals surface area (Å²) in [6, 6.07) is 18.7. The van der Waals surface area contributed by atoms with E-state index in [1.165, 1.54) is 39.5 Å². The first kappa shape index (κ1) is 66.1. The van der Waals surface area contributed by atoms with Crippen LogP contribution in [0.4, 0.5) is 0 Å². The van der Waals surface area contributed by atoms with Gasteiger partial charge in [-0.3, -0.25) is 43.8 Å². The number of likely N-dealkylation sites (tertiary alicyclic amines) is 1. The standard InChI is InChI=1S/C63H79N5O19/c1-7-42(41-36-52(79-4)58(81-6)53(37-41)80-5)60(73)67-28-11-10-17-46(67)63(76)87-48(23-20-40-21-24-49(77-2)51(35-40)78-3)43-15-8-9-18-47(43)85-38-55(70)64-26-13-29-82-31-33-84-34-32-83-30-14-27-65-56(71)39-86-50-19-12-16-44-57(50)62(75)68(61(44)74)45-22-25-54(69)66-59(45)72/h8-9,12,15-16,18-19,21,24,35-37,42,45-46,48H,7,10-11,13-14,17,20,22-23,25-34,38-39H2,1-6H3,(H,64,70)(H,65,71)(H,66,69,72)/t42-,45?,46-,48+/m1/s1. The first-order valence-electron chi connectivity index (χ1n) is 29.2. The number of hydrogen-bond donors (Lipinski definition) is 3. The molecule has 87 heavy (non-hydrogen) atoms. The average Bonchev–Trinajstić information content (AvgIpc) is 1.77. The number of aryl methyl sites for hydroxylation is 1. The second-order valence-electron chi connectivity index (χ2n) is 20.6. The third-order valence-corrected chi connectivity index (χ3v) is 15.0. The summed E-state index contributed by atoms with van der Waals surface area (Å²) >= 11 is 0. The van der Waals surface area contributed by atoms with Gasteiger partial charge in [-0.15, -0.1) is 0 Å². The molecule has 0 radical (unpaired) electrons. The molecule has 3 heterocycles. The highest BCUT2D eigenvalue weighted by molar-refractivity contribution is 6.24. The largest absolute Gasteiger partial charge is 0.493 e. The van der Waals surface area contributed by atoms with Crippen molar-refractivity contribution in [2.45, 2.75) is 95.2 Å². The van der Waals surface area contributed by atoms with Crippen molar-refractivity contribution in [3.63, 3.8) is 0 Å². The zero-order valence-electron chi connectivity index (χ0n) is 50.2. The van der Waals surface area contributed by atoms with E-state index in [4.69, 9.17) is 52.1 Å². The van der Waals surface area contributed by atoms with Gasteiger partial charge in [0.1, 0.15) is 29.7 Å². The number of carbonyl (C=O) groups is 8. The van der Waals surface area contributed by atoms with Crippen LogP contribution in [0.25, 0.3) is 0 Å². The molecule has 2 fully saturated rings. The number of benzene rings is 4. The Kier molecular flexibility index (Phi) is 25.4. The van der Waals surface area contributed by atoms with Crippen molar-refractivity contribution in [2.75, 3.05) is 108 Å². The number of carbonyl (C=O) groups excluding carboxylic acids is 8. The molecule has 3 N–H and O–H groups in total. The first-order valence-corrected chi connectivity index (χ1v) is 29.2. The fraction of sp³-hybridized carbons (Fsp3) is 0.492. The molecule has 24 heteroatoms. The maximum atomic E-state index is 14.6. The van der Waals surface area contributed by atoms with Crippen LogP contribution in [0.2, 0.25) is 0 Å². The van der Waals surface area contributed by atoms with Gasteiger partial charge in [-0.05, 0) is 111 Å². The van der Waals surface area contributed by atoms with E-state index in [0.29, 0.717) is 143 Å². The Hall–Kier alpha value is -8.48.